The molecule has 1 aliphatic rings. The predicted octanol–water partition coefficient (Wildman–Crippen LogP) is 2.11. The molecule has 1 atom stereocenters. The number of piperidine rings is 1. The lowest BCUT2D eigenvalue weighted by Gasteiger charge is -2.31. The van der Waals surface area contributed by atoms with Crippen molar-refractivity contribution in [3.8, 4) is 0 Å². The minimum absolute atomic E-state index is 0.0472. The molecule has 0 unspecified atom stereocenters. The topological polar surface area (TPSA) is 59.5 Å². The van der Waals surface area contributed by atoms with Gasteiger partial charge in [-0.15, -0.1) is 0 Å². The van der Waals surface area contributed by atoms with Gasteiger partial charge < -0.3 is 9.64 Å². The normalized spacial score (nSPS) is 18.4. The van der Waals surface area contributed by atoms with Gasteiger partial charge in [0.1, 0.15) is 0 Å². The van der Waals surface area contributed by atoms with Gasteiger partial charge in [0, 0.05) is 18.8 Å². The Balaban J connectivity index is 2.10. The summed E-state index contributed by atoms with van der Waals surface area (Å²) in [6.07, 6.45) is 1.61. The van der Waals surface area contributed by atoms with Gasteiger partial charge in [-0.3, -0.25) is 14.6 Å². The van der Waals surface area contributed by atoms with E-state index < -0.39 is 0 Å². The smallest absolute Gasteiger partial charge is 0.310 e. The molecule has 0 N–H and O–H groups in total. The van der Waals surface area contributed by atoms with E-state index in [1.165, 1.54) is 0 Å². The molecule has 5 heteroatoms. The van der Waals surface area contributed by atoms with E-state index >= 15 is 0 Å². The summed E-state index contributed by atoms with van der Waals surface area (Å²) < 4.78 is 5.07. The van der Waals surface area contributed by atoms with E-state index in [2.05, 4.69) is 4.98 Å². The number of nitrogens with zero attached hydrogens (tertiary/aromatic N) is 2. The summed E-state index contributed by atoms with van der Waals surface area (Å²) in [7, 11) is 0. The average Bonchev–Trinajstić information content (AvgIpc) is 2.47. The molecule has 1 saturated heterocycles. The van der Waals surface area contributed by atoms with Crippen LogP contribution in [0.15, 0.2) is 12.1 Å². The Morgan fingerprint density at radius 2 is 2.14 bits per heavy atom. The molecule has 1 aromatic heterocycles. The number of likely N-dealkylation sites (tertiary alicyclic amines) is 1. The van der Waals surface area contributed by atoms with E-state index in [0.717, 1.165) is 24.2 Å². The molecule has 1 fully saturated rings. The highest BCUT2D eigenvalue weighted by Gasteiger charge is 2.30. The van der Waals surface area contributed by atoms with Crippen LogP contribution in [0.1, 0.15) is 41.5 Å². The zero-order valence-electron chi connectivity index (χ0n) is 12.9. The summed E-state index contributed by atoms with van der Waals surface area (Å²) >= 11 is 0. The van der Waals surface area contributed by atoms with E-state index in [0.29, 0.717) is 25.3 Å². The standard InChI is InChI=1S/C16H22N2O3/c1-4-21-16(20)13-6-5-9-18(10-13)15(19)14-8-7-11(2)17-12(14)3/h7-8,13H,4-6,9-10H2,1-3H3/t13-/m1/s1. The highest BCUT2D eigenvalue weighted by Crippen LogP contribution is 2.20. The summed E-state index contributed by atoms with van der Waals surface area (Å²) in [5.74, 6) is -0.455. The second kappa shape index (κ2) is 6.70. The van der Waals surface area contributed by atoms with Crippen molar-refractivity contribution < 1.29 is 14.3 Å². The van der Waals surface area contributed by atoms with Gasteiger partial charge in [-0.05, 0) is 45.7 Å². The summed E-state index contributed by atoms with van der Waals surface area (Å²) in [5.41, 5.74) is 2.25. The highest BCUT2D eigenvalue weighted by molar-refractivity contribution is 5.95. The molecule has 1 aliphatic heterocycles. The second-order valence-corrected chi connectivity index (χ2v) is 5.43. The maximum Gasteiger partial charge on any atom is 0.310 e. The third-order valence-electron chi connectivity index (χ3n) is 3.78. The van der Waals surface area contributed by atoms with Crippen LogP contribution in [0.3, 0.4) is 0 Å². The Labute approximate surface area is 125 Å². The zero-order chi connectivity index (χ0) is 15.4. The van der Waals surface area contributed by atoms with Crippen molar-refractivity contribution in [1.82, 2.24) is 9.88 Å². The maximum atomic E-state index is 12.6. The van der Waals surface area contributed by atoms with Crippen LogP contribution in [0, 0.1) is 19.8 Å². The number of rotatable bonds is 3. The molecular weight excluding hydrogens is 268 g/mol. The minimum atomic E-state index is -0.207. The van der Waals surface area contributed by atoms with E-state index in [-0.39, 0.29) is 17.8 Å². The molecule has 21 heavy (non-hydrogen) atoms. The molecule has 114 valence electrons. The van der Waals surface area contributed by atoms with Gasteiger partial charge in [-0.2, -0.15) is 0 Å². The number of aryl methyl sites for hydroxylation is 2. The van der Waals surface area contributed by atoms with E-state index in [1.54, 1.807) is 11.8 Å². The fraction of sp³-hybridized carbons (Fsp3) is 0.562. The van der Waals surface area contributed by atoms with Crippen molar-refractivity contribution in [2.24, 2.45) is 5.92 Å². The summed E-state index contributed by atoms with van der Waals surface area (Å²) in [4.78, 5) is 30.5. The van der Waals surface area contributed by atoms with Crippen molar-refractivity contribution in [3.05, 3.63) is 29.1 Å². The van der Waals surface area contributed by atoms with Crippen LogP contribution in [-0.4, -0.2) is 41.5 Å². The number of hydrogen-bond donors (Lipinski definition) is 0. The first-order chi connectivity index (χ1) is 10.0. The molecule has 0 radical (unpaired) electrons. The van der Waals surface area contributed by atoms with Crippen molar-refractivity contribution in [2.75, 3.05) is 19.7 Å². The molecule has 0 aliphatic carbocycles. The van der Waals surface area contributed by atoms with E-state index in [4.69, 9.17) is 4.74 Å². The number of pyridine rings is 1. The Morgan fingerprint density at radius 3 is 2.81 bits per heavy atom. The molecular formula is C16H22N2O3. The summed E-state index contributed by atoms with van der Waals surface area (Å²) in [6.45, 7) is 7.04. The Morgan fingerprint density at radius 1 is 1.38 bits per heavy atom. The molecule has 0 spiro atoms. The number of carbonyl (C=O) groups excluding carboxylic acids is 2. The average molecular weight is 290 g/mol. The Bertz CT molecular complexity index is 542. The third kappa shape index (κ3) is 3.60. The summed E-state index contributed by atoms with van der Waals surface area (Å²) in [5, 5.41) is 0. The van der Waals surface area contributed by atoms with Gasteiger partial charge in [-0.25, -0.2) is 0 Å². The van der Waals surface area contributed by atoms with Crippen molar-refractivity contribution in [2.45, 2.75) is 33.6 Å². The number of aromatic nitrogens is 1. The molecule has 2 heterocycles. The first-order valence-corrected chi connectivity index (χ1v) is 7.43. The van der Waals surface area contributed by atoms with Gasteiger partial charge in [0.25, 0.3) is 5.91 Å². The van der Waals surface area contributed by atoms with Crippen molar-refractivity contribution in [3.63, 3.8) is 0 Å². The molecule has 1 amide bonds. The lowest BCUT2D eigenvalue weighted by atomic mass is 9.97. The van der Waals surface area contributed by atoms with Crippen LogP contribution in [0.25, 0.3) is 0 Å². The lowest BCUT2D eigenvalue weighted by Crippen LogP contribution is -2.43. The fourth-order valence-corrected chi connectivity index (χ4v) is 2.70. The Kier molecular flexibility index (Phi) is 4.94. The minimum Gasteiger partial charge on any atom is -0.466 e. The molecule has 2 rings (SSSR count). The maximum absolute atomic E-state index is 12.6. The Hall–Kier alpha value is -1.91. The fourth-order valence-electron chi connectivity index (χ4n) is 2.70. The second-order valence-electron chi connectivity index (χ2n) is 5.43. The van der Waals surface area contributed by atoms with Gasteiger partial charge >= 0.3 is 5.97 Å². The number of carbonyl (C=O) groups is 2. The third-order valence-corrected chi connectivity index (χ3v) is 3.78. The van der Waals surface area contributed by atoms with Crippen LogP contribution >= 0.6 is 0 Å². The molecule has 0 saturated carbocycles. The zero-order valence-corrected chi connectivity index (χ0v) is 12.9. The largest absolute Gasteiger partial charge is 0.466 e. The molecule has 1 aromatic rings. The predicted molar refractivity (Wildman–Crippen MR) is 79.0 cm³/mol. The first kappa shape index (κ1) is 15.5. The SMILES string of the molecule is CCOC(=O)[C@@H]1CCCN(C(=O)c2ccc(C)nc2C)C1. The number of ether oxygens (including phenoxy) is 1. The first-order valence-electron chi connectivity index (χ1n) is 7.43. The van der Waals surface area contributed by atoms with Gasteiger partial charge in [0.15, 0.2) is 0 Å². The van der Waals surface area contributed by atoms with Crippen molar-refractivity contribution in [1.29, 1.82) is 0 Å². The molecule has 0 aromatic carbocycles. The number of esters is 1. The summed E-state index contributed by atoms with van der Waals surface area (Å²) in [6, 6.07) is 3.65. The van der Waals surface area contributed by atoms with Crippen molar-refractivity contribution >= 4 is 11.9 Å². The van der Waals surface area contributed by atoms with E-state index in [1.807, 2.05) is 26.0 Å². The van der Waals surface area contributed by atoms with Gasteiger partial charge in [0.05, 0.1) is 23.8 Å². The quantitative estimate of drug-likeness (QED) is 0.800. The van der Waals surface area contributed by atoms with Crippen LogP contribution < -0.4 is 0 Å². The molecule has 0 bridgehead atoms. The lowest BCUT2D eigenvalue weighted by molar-refractivity contribution is -0.149. The molecule has 5 nitrogen and oxygen atoms in total. The number of hydrogen-bond acceptors (Lipinski definition) is 4. The highest BCUT2D eigenvalue weighted by atomic mass is 16.5. The van der Waals surface area contributed by atoms with Crippen LogP contribution in [0.4, 0.5) is 0 Å². The monoisotopic (exact) mass is 290 g/mol. The number of amides is 1. The van der Waals surface area contributed by atoms with Crippen LogP contribution in [-0.2, 0) is 9.53 Å². The van der Waals surface area contributed by atoms with E-state index in [9.17, 15) is 9.59 Å². The van der Waals surface area contributed by atoms with Crippen LogP contribution in [0.5, 0.6) is 0 Å². The van der Waals surface area contributed by atoms with Gasteiger partial charge in [-0.1, -0.05) is 0 Å². The van der Waals surface area contributed by atoms with Crippen LogP contribution in [0.2, 0.25) is 0 Å². The van der Waals surface area contributed by atoms with Gasteiger partial charge in [0.2, 0.25) is 0 Å².